The van der Waals surface area contributed by atoms with E-state index in [9.17, 15) is 0 Å². The number of nitrogens with zero attached hydrogens (tertiary/aromatic N) is 3. The van der Waals surface area contributed by atoms with Gasteiger partial charge in [0.1, 0.15) is 11.3 Å². The van der Waals surface area contributed by atoms with Crippen LogP contribution in [-0.4, -0.2) is 14.5 Å². The van der Waals surface area contributed by atoms with Crippen molar-refractivity contribution in [3.05, 3.63) is 24.2 Å². The van der Waals surface area contributed by atoms with Crippen LogP contribution in [0.15, 0.2) is 18.3 Å². The summed E-state index contributed by atoms with van der Waals surface area (Å²) in [5, 5.41) is 0. The maximum absolute atomic E-state index is 6.70. The Morgan fingerprint density at radius 2 is 2.00 bits per heavy atom. The molecule has 2 N–H and O–H groups in total. The summed E-state index contributed by atoms with van der Waals surface area (Å²) in [5.74, 6) is 1.09. The van der Waals surface area contributed by atoms with Gasteiger partial charge in [0, 0.05) is 12.2 Å². The third-order valence-electron chi connectivity index (χ3n) is 4.55. The summed E-state index contributed by atoms with van der Waals surface area (Å²) in [6.45, 7) is 0. The third-order valence-corrected chi connectivity index (χ3v) is 4.55. The number of hydrogen-bond acceptors (Lipinski definition) is 3. The summed E-state index contributed by atoms with van der Waals surface area (Å²) >= 11 is 0. The van der Waals surface area contributed by atoms with Crippen molar-refractivity contribution in [2.24, 2.45) is 5.73 Å². The van der Waals surface area contributed by atoms with Crippen molar-refractivity contribution in [3.8, 4) is 0 Å². The zero-order valence-electron chi connectivity index (χ0n) is 11.2. The topological polar surface area (TPSA) is 56.7 Å². The molecule has 2 aliphatic rings. The molecule has 19 heavy (non-hydrogen) atoms. The maximum Gasteiger partial charge on any atom is 0.160 e. The molecule has 0 amide bonds. The van der Waals surface area contributed by atoms with Crippen molar-refractivity contribution in [2.45, 2.75) is 56.5 Å². The van der Waals surface area contributed by atoms with Gasteiger partial charge in [-0.05, 0) is 37.8 Å². The first kappa shape index (κ1) is 11.4. The van der Waals surface area contributed by atoms with Crippen LogP contribution < -0.4 is 5.73 Å². The Kier molecular flexibility index (Phi) is 2.42. The van der Waals surface area contributed by atoms with Crippen molar-refractivity contribution in [2.75, 3.05) is 0 Å². The highest BCUT2D eigenvalue weighted by atomic mass is 15.2. The van der Waals surface area contributed by atoms with Gasteiger partial charge in [0.2, 0.25) is 0 Å². The Morgan fingerprint density at radius 1 is 1.21 bits per heavy atom. The molecule has 100 valence electrons. The zero-order valence-corrected chi connectivity index (χ0v) is 11.2. The summed E-state index contributed by atoms with van der Waals surface area (Å²) in [4.78, 5) is 9.38. The first-order valence-corrected chi connectivity index (χ1v) is 7.40. The minimum Gasteiger partial charge on any atom is -0.319 e. The van der Waals surface area contributed by atoms with Gasteiger partial charge in [-0.25, -0.2) is 9.97 Å². The lowest BCUT2D eigenvalue weighted by Crippen LogP contribution is -2.41. The second-order valence-corrected chi connectivity index (χ2v) is 6.10. The highest BCUT2D eigenvalue weighted by Gasteiger charge is 2.38. The molecule has 2 aromatic rings. The second-order valence-electron chi connectivity index (χ2n) is 6.10. The van der Waals surface area contributed by atoms with E-state index >= 15 is 0 Å². The smallest absolute Gasteiger partial charge is 0.160 e. The average Bonchev–Trinajstić information content (AvgIpc) is 3.19. The molecule has 0 unspecified atom stereocenters. The van der Waals surface area contributed by atoms with Gasteiger partial charge in [-0.2, -0.15) is 0 Å². The van der Waals surface area contributed by atoms with Crippen molar-refractivity contribution in [1.82, 2.24) is 14.5 Å². The van der Waals surface area contributed by atoms with E-state index in [0.717, 1.165) is 29.8 Å². The molecule has 2 heterocycles. The molecular weight excluding hydrogens is 236 g/mol. The van der Waals surface area contributed by atoms with Crippen LogP contribution in [0, 0.1) is 0 Å². The van der Waals surface area contributed by atoms with Gasteiger partial charge in [0.15, 0.2) is 5.65 Å². The van der Waals surface area contributed by atoms with Crippen LogP contribution in [0.4, 0.5) is 0 Å². The van der Waals surface area contributed by atoms with Gasteiger partial charge in [-0.1, -0.05) is 19.3 Å². The van der Waals surface area contributed by atoms with Crippen LogP contribution >= 0.6 is 0 Å². The standard InChI is InChI=1S/C15H20N4/c16-15(8-2-1-3-9-15)14-18-12-5-4-10-17-13(12)19(14)11-6-7-11/h4-5,10-11H,1-3,6-9,16H2. The third kappa shape index (κ3) is 1.77. The van der Waals surface area contributed by atoms with Gasteiger partial charge >= 0.3 is 0 Å². The normalized spacial score (nSPS) is 22.8. The largest absolute Gasteiger partial charge is 0.319 e. The second kappa shape index (κ2) is 4.04. The molecule has 0 aromatic carbocycles. The van der Waals surface area contributed by atoms with E-state index < -0.39 is 0 Å². The zero-order chi connectivity index (χ0) is 12.9. The van der Waals surface area contributed by atoms with E-state index in [1.54, 1.807) is 0 Å². The van der Waals surface area contributed by atoms with Crippen molar-refractivity contribution in [1.29, 1.82) is 0 Å². The van der Waals surface area contributed by atoms with Gasteiger partial charge in [0.05, 0.1) is 5.54 Å². The molecule has 4 nitrogen and oxygen atoms in total. The number of imidazole rings is 1. The molecule has 2 saturated carbocycles. The number of rotatable bonds is 2. The van der Waals surface area contributed by atoms with E-state index in [0.29, 0.717) is 6.04 Å². The van der Waals surface area contributed by atoms with Crippen LogP contribution in [0.2, 0.25) is 0 Å². The SMILES string of the molecule is NC1(c2nc3cccnc3n2C2CC2)CCCCC1. The Bertz CT molecular complexity index is 606. The summed E-state index contributed by atoms with van der Waals surface area (Å²) in [7, 11) is 0. The fraction of sp³-hybridized carbons (Fsp3) is 0.600. The fourth-order valence-electron chi connectivity index (χ4n) is 3.37. The van der Waals surface area contributed by atoms with Crippen molar-refractivity contribution in [3.63, 3.8) is 0 Å². The van der Waals surface area contributed by atoms with Crippen LogP contribution in [0.5, 0.6) is 0 Å². The lowest BCUT2D eigenvalue weighted by molar-refractivity contribution is 0.279. The first-order valence-electron chi connectivity index (χ1n) is 7.40. The fourth-order valence-corrected chi connectivity index (χ4v) is 3.37. The molecule has 0 saturated heterocycles. The number of nitrogens with two attached hydrogens (primary N) is 1. The molecular formula is C15H20N4. The van der Waals surface area contributed by atoms with Crippen LogP contribution in [0.25, 0.3) is 11.2 Å². The van der Waals surface area contributed by atoms with Gasteiger partial charge in [0.25, 0.3) is 0 Å². The van der Waals surface area contributed by atoms with E-state index in [4.69, 9.17) is 10.7 Å². The predicted molar refractivity (Wildman–Crippen MR) is 74.7 cm³/mol. The number of fused-ring (bicyclic) bond motifs is 1. The summed E-state index contributed by atoms with van der Waals surface area (Å²) in [6, 6.07) is 4.59. The highest BCUT2D eigenvalue weighted by molar-refractivity contribution is 5.72. The average molecular weight is 256 g/mol. The Morgan fingerprint density at radius 3 is 2.74 bits per heavy atom. The number of pyridine rings is 1. The van der Waals surface area contributed by atoms with E-state index in [2.05, 4.69) is 15.6 Å². The maximum atomic E-state index is 6.70. The number of hydrogen-bond donors (Lipinski definition) is 1. The summed E-state index contributed by atoms with van der Waals surface area (Å²) < 4.78 is 2.33. The minimum atomic E-state index is -0.235. The lowest BCUT2D eigenvalue weighted by Gasteiger charge is -2.33. The Hall–Kier alpha value is -1.42. The molecule has 4 heteroatoms. The van der Waals surface area contributed by atoms with Crippen LogP contribution in [0.1, 0.15) is 56.8 Å². The Labute approximate surface area is 113 Å². The van der Waals surface area contributed by atoms with Gasteiger partial charge < -0.3 is 10.3 Å². The summed E-state index contributed by atoms with van der Waals surface area (Å²) in [5.41, 5.74) is 8.49. The van der Waals surface area contributed by atoms with Crippen LogP contribution in [-0.2, 0) is 5.54 Å². The monoisotopic (exact) mass is 256 g/mol. The van der Waals surface area contributed by atoms with Gasteiger partial charge in [-0.3, -0.25) is 0 Å². The molecule has 0 radical (unpaired) electrons. The molecule has 0 aliphatic heterocycles. The predicted octanol–water partition coefficient (Wildman–Crippen LogP) is 2.88. The van der Waals surface area contributed by atoms with E-state index in [1.165, 1.54) is 32.1 Å². The van der Waals surface area contributed by atoms with Gasteiger partial charge in [-0.15, -0.1) is 0 Å². The molecule has 2 aliphatic carbocycles. The van der Waals surface area contributed by atoms with Crippen molar-refractivity contribution >= 4 is 11.2 Å². The molecule has 2 aromatic heterocycles. The van der Waals surface area contributed by atoms with E-state index in [-0.39, 0.29) is 5.54 Å². The summed E-state index contributed by atoms with van der Waals surface area (Å²) in [6.07, 6.45) is 10.2. The molecule has 0 bridgehead atoms. The molecule has 0 spiro atoms. The Balaban J connectivity index is 1.90. The van der Waals surface area contributed by atoms with Crippen LogP contribution in [0.3, 0.4) is 0 Å². The molecule has 4 rings (SSSR count). The molecule has 2 fully saturated rings. The minimum absolute atomic E-state index is 0.235. The molecule has 0 atom stereocenters. The lowest BCUT2D eigenvalue weighted by atomic mass is 9.82. The number of aromatic nitrogens is 3. The van der Waals surface area contributed by atoms with E-state index in [1.807, 2.05) is 12.3 Å². The first-order chi connectivity index (χ1) is 9.28. The quantitative estimate of drug-likeness (QED) is 0.898. The highest BCUT2D eigenvalue weighted by Crippen LogP contribution is 2.43. The van der Waals surface area contributed by atoms with Crippen molar-refractivity contribution < 1.29 is 0 Å².